The maximum absolute atomic E-state index is 12.1. The molecule has 0 aromatic heterocycles. The van der Waals surface area contributed by atoms with Gasteiger partial charge in [-0.2, -0.15) is 0 Å². The van der Waals surface area contributed by atoms with E-state index in [2.05, 4.69) is 5.32 Å². The summed E-state index contributed by atoms with van der Waals surface area (Å²) < 4.78 is 15.3. The quantitative estimate of drug-likeness (QED) is 0.350. The maximum Gasteiger partial charge on any atom is 0.410 e. The summed E-state index contributed by atoms with van der Waals surface area (Å²) in [5, 5.41) is 2.35. The van der Waals surface area contributed by atoms with Crippen LogP contribution in [0.15, 0.2) is 42.0 Å². The van der Waals surface area contributed by atoms with E-state index in [-0.39, 0.29) is 19.4 Å². The zero-order valence-corrected chi connectivity index (χ0v) is 17.1. The standard InChI is InChI=1S/C21H28N2O6/c1-21(2,3)29-19(25)22-15-28-18(24)13-16-9-11-23(12-10-16)20(26)27-14-17-7-5-4-6-8-17/h4-8,13H,9-12,14-15H2,1-3H3,(H,22,25). The molecule has 1 fully saturated rings. The van der Waals surface area contributed by atoms with Gasteiger partial charge in [0.2, 0.25) is 0 Å². The molecular formula is C21H28N2O6. The smallest absolute Gasteiger partial charge is 0.410 e. The van der Waals surface area contributed by atoms with Crippen LogP contribution < -0.4 is 5.32 Å². The molecule has 0 unspecified atom stereocenters. The van der Waals surface area contributed by atoms with Gasteiger partial charge in [-0.1, -0.05) is 35.9 Å². The molecule has 0 aliphatic carbocycles. The zero-order valence-electron chi connectivity index (χ0n) is 17.1. The van der Waals surface area contributed by atoms with Crippen molar-refractivity contribution in [2.24, 2.45) is 0 Å². The van der Waals surface area contributed by atoms with Gasteiger partial charge in [0.1, 0.15) is 12.2 Å². The number of likely N-dealkylation sites (tertiary alicyclic amines) is 1. The van der Waals surface area contributed by atoms with E-state index >= 15 is 0 Å². The van der Waals surface area contributed by atoms with Crippen LogP contribution in [0.2, 0.25) is 0 Å². The summed E-state index contributed by atoms with van der Waals surface area (Å²) in [4.78, 5) is 37.1. The summed E-state index contributed by atoms with van der Waals surface area (Å²) in [6, 6.07) is 9.48. The van der Waals surface area contributed by atoms with Crippen molar-refractivity contribution in [2.75, 3.05) is 19.8 Å². The molecule has 2 rings (SSSR count). The molecule has 8 nitrogen and oxygen atoms in total. The highest BCUT2D eigenvalue weighted by Gasteiger charge is 2.21. The Morgan fingerprint density at radius 1 is 1.07 bits per heavy atom. The lowest BCUT2D eigenvalue weighted by molar-refractivity contribution is -0.138. The molecular weight excluding hydrogens is 376 g/mol. The molecule has 1 aromatic rings. The van der Waals surface area contributed by atoms with Crippen LogP contribution in [0.4, 0.5) is 9.59 Å². The van der Waals surface area contributed by atoms with Crippen molar-refractivity contribution in [1.29, 1.82) is 0 Å². The number of esters is 1. The Bertz CT molecular complexity index is 729. The van der Waals surface area contributed by atoms with Crippen molar-refractivity contribution in [2.45, 2.75) is 45.8 Å². The third-order valence-corrected chi connectivity index (χ3v) is 4.02. The van der Waals surface area contributed by atoms with Crippen LogP contribution in [0.5, 0.6) is 0 Å². The number of nitrogens with one attached hydrogen (secondary N) is 1. The van der Waals surface area contributed by atoms with E-state index in [1.807, 2.05) is 30.3 Å². The molecule has 158 valence electrons. The molecule has 1 saturated heterocycles. The first-order valence-corrected chi connectivity index (χ1v) is 9.51. The molecule has 0 radical (unpaired) electrons. The van der Waals surface area contributed by atoms with Crippen LogP contribution >= 0.6 is 0 Å². The average molecular weight is 404 g/mol. The number of ether oxygens (including phenoxy) is 3. The van der Waals surface area contributed by atoms with Crippen LogP contribution in [-0.4, -0.2) is 48.5 Å². The number of carbonyl (C=O) groups excluding carboxylic acids is 3. The first-order chi connectivity index (χ1) is 13.7. The Hall–Kier alpha value is -3.03. The van der Waals surface area contributed by atoms with Crippen LogP contribution in [0.1, 0.15) is 39.2 Å². The van der Waals surface area contributed by atoms with E-state index in [0.29, 0.717) is 25.9 Å². The van der Waals surface area contributed by atoms with E-state index in [4.69, 9.17) is 14.2 Å². The second-order valence-electron chi connectivity index (χ2n) is 7.62. The number of carbonyl (C=O) groups is 3. The molecule has 0 atom stereocenters. The lowest BCUT2D eigenvalue weighted by Gasteiger charge is -2.27. The van der Waals surface area contributed by atoms with Crippen molar-refractivity contribution >= 4 is 18.2 Å². The highest BCUT2D eigenvalue weighted by molar-refractivity contribution is 5.83. The minimum absolute atomic E-state index is 0.232. The number of benzene rings is 1. The number of amides is 2. The van der Waals surface area contributed by atoms with Gasteiger partial charge in [-0.15, -0.1) is 0 Å². The number of hydrogen-bond acceptors (Lipinski definition) is 6. The number of piperidine rings is 1. The predicted octanol–water partition coefficient (Wildman–Crippen LogP) is 3.37. The lowest BCUT2D eigenvalue weighted by Crippen LogP contribution is -2.37. The van der Waals surface area contributed by atoms with Gasteiger partial charge < -0.3 is 19.1 Å². The van der Waals surface area contributed by atoms with Crippen molar-refractivity contribution in [3.63, 3.8) is 0 Å². The SMILES string of the molecule is CC(C)(C)OC(=O)NCOC(=O)C=C1CCN(C(=O)OCc2ccccc2)CC1. The Morgan fingerprint density at radius 3 is 2.34 bits per heavy atom. The molecule has 29 heavy (non-hydrogen) atoms. The van der Waals surface area contributed by atoms with Gasteiger partial charge in [-0.05, 0) is 39.2 Å². The molecule has 1 N–H and O–H groups in total. The molecule has 8 heteroatoms. The van der Waals surface area contributed by atoms with Crippen LogP contribution in [-0.2, 0) is 25.6 Å². The number of rotatable bonds is 5. The maximum atomic E-state index is 12.1. The summed E-state index contributed by atoms with van der Waals surface area (Å²) in [7, 11) is 0. The van der Waals surface area contributed by atoms with Gasteiger partial charge in [0, 0.05) is 19.2 Å². The number of alkyl carbamates (subject to hydrolysis) is 1. The van der Waals surface area contributed by atoms with Gasteiger partial charge in [0.05, 0.1) is 0 Å². The summed E-state index contributed by atoms with van der Waals surface area (Å²) in [5.74, 6) is -0.545. The van der Waals surface area contributed by atoms with E-state index in [1.54, 1.807) is 25.7 Å². The van der Waals surface area contributed by atoms with Crippen LogP contribution in [0, 0.1) is 0 Å². The third kappa shape index (κ3) is 8.68. The van der Waals surface area contributed by atoms with Crippen LogP contribution in [0.3, 0.4) is 0 Å². The molecule has 0 bridgehead atoms. The Kier molecular flexibility index (Phi) is 8.06. The molecule has 2 amide bonds. The predicted molar refractivity (Wildman–Crippen MR) is 106 cm³/mol. The fourth-order valence-corrected chi connectivity index (χ4v) is 2.62. The minimum Gasteiger partial charge on any atom is -0.445 e. The van der Waals surface area contributed by atoms with Gasteiger partial charge in [0.25, 0.3) is 0 Å². The van der Waals surface area contributed by atoms with E-state index in [9.17, 15) is 14.4 Å². The zero-order chi connectivity index (χ0) is 21.3. The number of nitrogens with zero attached hydrogens (tertiary/aromatic N) is 1. The average Bonchev–Trinajstić information content (AvgIpc) is 2.66. The second-order valence-corrected chi connectivity index (χ2v) is 7.62. The molecule has 1 aliphatic rings. The van der Waals surface area contributed by atoms with Crippen molar-refractivity contribution < 1.29 is 28.6 Å². The number of hydrogen-bond donors (Lipinski definition) is 1. The Balaban J connectivity index is 1.67. The summed E-state index contributed by atoms with van der Waals surface area (Å²) in [6.45, 7) is 6.14. The van der Waals surface area contributed by atoms with E-state index in [0.717, 1.165) is 11.1 Å². The molecule has 1 aliphatic heterocycles. The largest absolute Gasteiger partial charge is 0.445 e. The Labute approximate surface area is 170 Å². The molecule has 1 aromatic carbocycles. The van der Waals surface area contributed by atoms with Gasteiger partial charge in [-0.25, -0.2) is 14.4 Å². The van der Waals surface area contributed by atoms with Crippen LogP contribution in [0.25, 0.3) is 0 Å². The summed E-state index contributed by atoms with van der Waals surface area (Å²) in [5.41, 5.74) is 1.20. The summed E-state index contributed by atoms with van der Waals surface area (Å²) >= 11 is 0. The van der Waals surface area contributed by atoms with E-state index in [1.165, 1.54) is 6.08 Å². The fourth-order valence-electron chi connectivity index (χ4n) is 2.62. The van der Waals surface area contributed by atoms with Crippen molar-refractivity contribution in [1.82, 2.24) is 10.2 Å². The van der Waals surface area contributed by atoms with Gasteiger partial charge in [0.15, 0.2) is 6.73 Å². The first kappa shape index (κ1) is 22.3. The fraction of sp³-hybridized carbons (Fsp3) is 0.476. The monoisotopic (exact) mass is 404 g/mol. The third-order valence-electron chi connectivity index (χ3n) is 4.02. The second kappa shape index (κ2) is 10.5. The Morgan fingerprint density at radius 2 is 1.72 bits per heavy atom. The highest BCUT2D eigenvalue weighted by atomic mass is 16.6. The molecule has 0 saturated carbocycles. The normalized spacial score (nSPS) is 14.0. The highest BCUT2D eigenvalue weighted by Crippen LogP contribution is 2.17. The van der Waals surface area contributed by atoms with Crippen molar-refractivity contribution in [3.05, 3.63) is 47.5 Å². The van der Waals surface area contributed by atoms with Crippen molar-refractivity contribution in [3.8, 4) is 0 Å². The summed E-state index contributed by atoms with van der Waals surface area (Å²) in [6.07, 6.45) is 1.52. The van der Waals surface area contributed by atoms with Gasteiger partial charge in [-0.3, -0.25) is 5.32 Å². The molecule has 1 heterocycles. The van der Waals surface area contributed by atoms with Gasteiger partial charge >= 0.3 is 18.2 Å². The minimum atomic E-state index is -0.653. The lowest BCUT2D eigenvalue weighted by atomic mass is 10.0. The molecule has 0 spiro atoms. The topological polar surface area (TPSA) is 94.2 Å². The first-order valence-electron chi connectivity index (χ1n) is 9.51. The van der Waals surface area contributed by atoms with E-state index < -0.39 is 17.7 Å².